The predicted molar refractivity (Wildman–Crippen MR) is 90.3 cm³/mol. The fourth-order valence-corrected chi connectivity index (χ4v) is 3.65. The molecule has 1 fully saturated rings. The van der Waals surface area contributed by atoms with Crippen molar-refractivity contribution in [2.24, 2.45) is 5.92 Å². The van der Waals surface area contributed by atoms with Gasteiger partial charge in [0.15, 0.2) is 0 Å². The van der Waals surface area contributed by atoms with Gasteiger partial charge < -0.3 is 9.47 Å². The molecule has 0 heterocycles. The molecule has 0 aromatic heterocycles. The highest BCUT2D eigenvalue weighted by Gasteiger charge is 2.41. The quantitative estimate of drug-likeness (QED) is 0.850. The number of hydrogen-bond donors (Lipinski definition) is 0. The van der Waals surface area contributed by atoms with E-state index in [1.54, 1.807) is 14.2 Å². The highest BCUT2D eigenvalue weighted by atomic mass is 16.5. The molecule has 0 amide bonds. The van der Waals surface area contributed by atoms with Gasteiger partial charge in [-0.1, -0.05) is 31.2 Å². The van der Waals surface area contributed by atoms with Crippen molar-refractivity contribution in [1.29, 1.82) is 0 Å². The Morgan fingerprint density at radius 2 is 1.30 bits per heavy atom. The molecular weight excluding hydrogens is 288 g/mol. The molecule has 0 bridgehead atoms. The number of carbonyl (C=O) groups is 1. The summed E-state index contributed by atoms with van der Waals surface area (Å²) in [4.78, 5) is 12.6. The standard InChI is InChI=1S/C20H22O3/c1-13-12-18(21)20(15-6-10-17(23-3)11-7-15)19(13)14-4-8-16(22-2)9-5-14/h4-11,13,19-20H,12H2,1-3H3/t13-,19-,20+/m0/s1. The van der Waals surface area contributed by atoms with Crippen molar-refractivity contribution >= 4 is 5.78 Å². The number of ether oxygens (including phenoxy) is 2. The van der Waals surface area contributed by atoms with Gasteiger partial charge >= 0.3 is 0 Å². The van der Waals surface area contributed by atoms with Crippen LogP contribution in [0.1, 0.15) is 36.3 Å². The first-order chi connectivity index (χ1) is 11.1. The average Bonchev–Trinajstić information content (AvgIpc) is 2.89. The van der Waals surface area contributed by atoms with Crippen LogP contribution in [0.5, 0.6) is 11.5 Å². The molecule has 3 atom stereocenters. The smallest absolute Gasteiger partial charge is 0.141 e. The predicted octanol–water partition coefficient (Wildman–Crippen LogP) is 4.18. The summed E-state index contributed by atoms with van der Waals surface area (Å²) in [6.07, 6.45) is 0.632. The van der Waals surface area contributed by atoms with Crippen LogP contribution in [0.15, 0.2) is 48.5 Å². The van der Waals surface area contributed by atoms with Crippen LogP contribution >= 0.6 is 0 Å². The van der Waals surface area contributed by atoms with Crippen molar-refractivity contribution in [3.8, 4) is 11.5 Å². The Morgan fingerprint density at radius 3 is 1.78 bits per heavy atom. The lowest BCUT2D eigenvalue weighted by Crippen LogP contribution is -2.13. The Labute approximate surface area is 137 Å². The minimum atomic E-state index is -0.0794. The van der Waals surface area contributed by atoms with E-state index < -0.39 is 0 Å². The third-order valence-corrected chi connectivity index (χ3v) is 4.82. The Balaban J connectivity index is 1.96. The SMILES string of the molecule is COc1ccc([C@@H]2[C@@H](C)CC(=O)[C@H]2c2ccc(OC)cc2)cc1. The van der Waals surface area contributed by atoms with Crippen LogP contribution in [0, 0.1) is 5.92 Å². The summed E-state index contributed by atoms with van der Waals surface area (Å²) in [6.45, 7) is 2.16. The summed E-state index contributed by atoms with van der Waals surface area (Å²) in [7, 11) is 3.31. The number of hydrogen-bond acceptors (Lipinski definition) is 3. The van der Waals surface area contributed by atoms with E-state index in [0.29, 0.717) is 18.1 Å². The van der Waals surface area contributed by atoms with Crippen LogP contribution in [0.2, 0.25) is 0 Å². The second-order valence-corrected chi connectivity index (χ2v) is 6.20. The first-order valence-electron chi connectivity index (χ1n) is 7.94. The van der Waals surface area contributed by atoms with E-state index in [-0.39, 0.29) is 11.8 Å². The molecule has 1 aliphatic rings. The lowest BCUT2D eigenvalue weighted by Gasteiger charge is -2.23. The zero-order chi connectivity index (χ0) is 16.4. The number of Topliss-reactive ketones (excluding diaryl/α,β-unsaturated/α-hetero) is 1. The number of benzene rings is 2. The van der Waals surface area contributed by atoms with Crippen molar-refractivity contribution < 1.29 is 14.3 Å². The van der Waals surface area contributed by atoms with E-state index in [4.69, 9.17) is 9.47 Å². The molecule has 0 aliphatic heterocycles. The zero-order valence-electron chi connectivity index (χ0n) is 13.8. The fraction of sp³-hybridized carbons (Fsp3) is 0.350. The van der Waals surface area contributed by atoms with E-state index in [2.05, 4.69) is 19.1 Å². The summed E-state index contributed by atoms with van der Waals surface area (Å²) >= 11 is 0. The molecule has 120 valence electrons. The van der Waals surface area contributed by atoms with Crippen molar-refractivity contribution in [2.75, 3.05) is 14.2 Å². The molecule has 1 saturated carbocycles. The number of rotatable bonds is 4. The first kappa shape index (κ1) is 15.6. The maximum absolute atomic E-state index is 12.6. The number of methoxy groups -OCH3 is 2. The van der Waals surface area contributed by atoms with Crippen LogP contribution in [0.25, 0.3) is 0 Å². The van der Waals surface area contributed by atoms with Crippen molar-refractivity contribution in [2.45, 2.75) is 25.2 Å². The molecule has 1 aliphatic carbocycles. The second kappa shape index (κ2) is 6.45. The Morgan fingerprint density at radius 1 is 0.826 bits per heavy atom. The van der Waals surface area contributed by atoms with Gasteiger partial charge in [0, 0.05) is 18.3 Å². The average molecular weight is 310 g/mol. The maximum Gasteiger partial charge on any atom is 0.141 e. The molecule has 3 rings (SSSR count). The van der Waals surface area contributed by atoms with Crippen molar-refractivity contribution in [1.82, 2.24) is 0 Å². The maximum atomic E-state index is 12.6. The minimum Gasteiger partial charge on any atom is -0.497 e. The summed E-state index contributed by atoms with van der Waals surface area (Å²) in [5.41, 5.74) is 2.27. The zero-order valence-corrected chi connectivity index (χ0v) is 13.8. The molecule has 3 nitrogen and oxygen atoms in total. The molecule has 23 heavy (non-hydrogen) atoms. The van der Waals surface area contributed by atoms with Crippen LogP contribution in [-0.2, 0) is 4.79 Å². The third-order valence-electron chi connectivity index (χ3n) is 4.82. The minimum absolute atomic E-state index is 0.0794. The van der Waals surface area contributed by atoms with Crippen LogP contribution in [-0.4, -0.2) is 20.0 Å². The van der Waals surface area contributed by atoms with Gasteiger partial charge in [0.25, 0.3) is 0 Å². The van der Waals surface area contributed by atoms with Gasteiger partial charge in [0.1, 0.15) is 17.3 Å². The van der Waals surface area contributed by atoms with Crippen LogP contribution in [0.4, 0.5) is 0 Å². The molecule has 0 radical (unpaired) electrons. The van der Waals surface area contributed by atoms with Crippen molar-refractivity contribution in [3.05, 3.63) is 59.7 Å². The van der Waals surface area contributed by atoms with Gasteiger partial charge in [-0.05, 0) is 41.3 Å². The third kappa shape index (κ3) is 2.96. The van der Waals surface area contributed by atoms with E-state index in [1.807, 2.05) is 36.4 Å². The summed E-state index contributed by atoms with van der Waals surface area (Å²) in [5, 5.41) is 0. The second-order valence-electron chi connectivity index (χ2n) is 6.20. The largest absolute Gasteiger partial charge is 0.497 e. The molecular formula is C20H22O3. The molecule has 0 saturated heterocycles. The van der Waals surface area contributed by atoms with E-state index in [9.17, 15) is 4.79 Å². The van der Waals surface area contributed by atoms with Gasteiger partial charge in [-0.25, -0.2) is 0 Å². The fourth-order valence-electron chi connectivity index (χ4n) is 3.65. The van der Waals surface area contributed by atoms with Gasteiger partial charge in [-0.15, -0.1) is 0 Å². The first-order valence-corrected chi connectivity index (χ1v) is 7.94. The summed E-state index contributed by atoms with van der Waals surface area (Å²) in [6, 6.07) is 16.0. The number of ketones is 1. The molecule has 0 spiro atoms. The van der Waals surface area contributed by atoms with Gasteiger partial charge in [0.05, 0.1) is 14.2 Å². The molecule has 0 N–H and O–H groups in total. The molecule has 2 aromatic rings. The van der Waals surface area contributed by atoms with Gasteiger partial charge in [-0.3, -0.25) is 4.79 Å². The highest BCUT2D eigenvalue weighted by molar-refractivity contribution is 5.89. The van der Waals surface area contributed by atoms with E-state index in [0.717, 1.165) is 17.1 Å². The van der Waals surface area contributed by atoms with Gasteiger partial charge in [0.2, 0.25) is 0 Å². The van der Waals surface area contributed by atoms with E-state index in [1.165, 1.54) is 5.56 Å². The number of carbonyl (C=O) groups excluding carboxylic acids is 1. The molecule has 3 heteroatoms. The monoisotopic (exact) mass is 310 g/mol. The van der Waals surface area contributed by atoms with Crippen LogP contribution in [0.3, 0.4) is 0 Å². The normalized spacial score (nSPS) is 23.8. The molecule has 0 unspecified atom stereocenters. The topological polar surface area (TPSA) is 35.5 Å². The van der Waals surface area contributed by atoms with Crippen LogP contribution < -0.4 is 9.47 Å². The summed E-state index contributed by atoms with van der Waals surface area (Å²) < 4.78 is 10.5. The van der Waals surface area contributed by atoms with Gasteiger partial charge in [-0.2, -0.15) is 0 Å². The summed E-state index contributed by atoms with van der Waals surface area (Å²) in [5.74, 6) is 2.44. The van der Waals surface area contributed by atoms with Crippen molar-refractivity contribution in [3.63, 3.8) is 0 Å². The molecule has 2 aromatic carbocycles. The Hall–Kier alpha value is -2.29. The lowest BCUT2D eigenvalue weighted by molar-refractivity contribution is -0.118. The highest BCUT2D eigenvalue weighted by Crippen LogP contribution is 2.47. The Bertz CT molecular complexity index is 673. The lowest BCUT2D eigenvalue weighted by atomic mass is 9.80. The Kier molecular flexibility index (Phi) is 4.37. The van der Waals surface area contributed by atoms with E-state index >= 15 is 0 Å².